The van der Waals surface area contributed by atoms with E-state index in [2.05, 4.69) is 40.2 Å². The van der Waals surface area contributed by atoms with Gasteiger partial charge >= 0.3 is 0 Å². The molecule has 0 atom stereocenters. The Kier molecular flexibility index (Phi) is 4.80. The maximum atomic E-state index is 4.74. The average Bonchev–Trinajstić information content (AvgIpc) is 3.12. The Morgan fingerprint density at radius 3 is 2.67 bits per heavy atom. The van der Waals surface area contributed by atoms with E-state index in [0.29, 0.717) is 0 Å². The molecule has 1 N–H and O–H groups in total. The number of nitrogens with one attached hydrogen (secondary N) is 1. The molecule has 2 aliphatic rings. The molecule has 1 aromatic carbocycles. The molecular formula is C22H27N4S+. The summed E-state index contributed by atoms with van der Waals surface area (Å²) in [6.45, 7) is 5.82. The topological polar surface area (TPSA) is 33.5 Å². The molecule has 0 spiro atoms. The van der Waals surface area contributed by atoms with Gasteiger partial charge in [-0.3, -0.25) is 0 Å². The molecule has 3 aromatic rings. The first-order valence-corrected chi connectivity index (χ1v) is 11.1. The molecule has 1 aliphatic heterocycles. The van der Waals surface area contributed by atoms with Crippen molar-refractivity contribution < 1.29 is 4.90 Å². The summed E-state index contributed by atoms with van der Waals surface area (Å²) in [5.41, 5.74) is 3.01. The zero-order valence-corrected chi connectivity index (χ0v) is 16.6. The van der Waals surface area contributed by atoms with Gasteiger partial charge in [0.05, 0.1) is 38.1 Å². The van der Waals surface area contributed by atoms with Gasteiger partial charge < -0.3 is 9.80 Å². The number of hydrogen-bond donors (Lipinski definition) is 1. The van der Waals surface area contributed by atoms with Crippen LogP contribution in [0.5, 0.6) is 0 Å². The van der Waals surface area contributed by atoms with Gasteiger partial charge in [0.2, 0.25) is 0 Å². The smallest absolute Gasteiger partial charge is 0.141 e. The summed E-state index contributed by atoms with van der Waals surface area (Å²) >= 11 is 1.90. The number of aromatic nitrogens is 2. The van der Waals surface area contributed by atoms with Gasteiger partial charge in [0, 0.05) is 11.3 Å². The highest BCUT2D eigenvalue weighted by atomic mass is 32.1. The van der Waals surface area contributed by atoms with Crippen molar-refractivity contribution in [1.29, 1.82) is 0 Å². The molecule has 4 nitrogen and oxygen atoms in total. The Morgan fingerprint density at radius 2 is 1.81 bits per heavy atom. The average molecular weight is 380 g/mol. The molecule has 1 fully saturated rings. The van der Waals surface area contributed by atoms with Crippen LogP contribution >= 0.6 is 11.3 Å². The van der Waals surface area contributed by atoms with Crippen molar-refractivity contribution in [2.45, 2.75) is 32.1 Å². The summed E-state index contributed by atoms with van der Waals surface area (Å²) in [6.07, 6.45) is 8.02. The molecule has 1 saturated heterocycles. The van der Waals surface area contributed by atoms with E-state index in [1.807, 2.05) is 11.3 Å². The van der Waals surface area contributed by atoms with Crippen LogP contribution in [0.3, 0.4) is 0 Å². The van der Waals surface area contributed by atoms with Crippen LogP contribution in [0.1, 0.15) is 28.8 Å². The third-order valence-electron chi connectivity index (χ3n) is 6.11. The van der Waals surface area contributed by atoms with Crippen LogP contribution in [-0.2, 0) is 19.3 Å². The first-order chi connectivity index (χ1) is 13.4. The predicted octanol–water partition coefficient (Wildman–Crippen LogP) is 2.52. The first kappa shape index (κ1) is 17.1. The number of fused-ring (bicyclic) bond motifs is 3. The molecule has 1 aliphatic carbocycles. The fourth-order valence-electron chi connectivity index (χ4n) is 4.56. The maximum absolute atomic E-state index is 4.74. The van der Waals surface area contributed by atoms with E-state index in [1.165, 1.54) is 73.3 Å². The summed E-state index contributed by atoms with van der Waals surface area (Å²) in [6, 6.07) is 10.9. The minimum Gasteiger partial charge on any atom is -0.345 e. The lowest BCUT2D eigenvalue weighted by molar-refractivity contribution is -0.900. The Bertz CT molecular complexity index is 913. The Balaban J connectivity index is 1.29. The molecule has 0 unspecified atom stereocenters. The zero-order valence-electron chi connectivity index (χ0n) is 15.8. The fourth-order valence-corrected chi connectivity index (χ4v) is 5.79. The van der Waals surface area contributed by atoms with Gasteiger partial charge in [0.1, 0.15) is 17.0 Å². The standard InChI is InChI=1S/C22H26N4S/c1-2-6-17(7-3-1)10-11-25-12-14-26(15-13-25)21-20-18-8-4-5-9-19(18)27-22(20)24-16-23-21/h1-3,6-7,16H,4-5,8-15H2/p+1. The highest BCUT2D eigenvalue weighted by Crippen LogP contribution is 2.39. The minimum atomic E-state index is 1.10. The molecule has 0 bridgehead atoms. The van der Waals surface area contributed by atoms with Crippen molar-refractivity contribution in [3.8, 4) is 0 Å². The van der Waals surface area contributed by atoms with Crippen LogP contribution in [0, 0.1) is 0 Å². The molecule has 140 valence electrons. The number of anilines is 1. The van der Waals surface area contributed by atoms with E-state index >= 15 is 0 Å². The van der Waals surface area contributed by atoms with Gasteiger partial charge in [-0.25, -0.2) is 9.97 Å². The maximum Gasteiger partial charge on any atom is 0.141 e. The normalized spacial score (nSPS) is 18.0. The van der Waals surface area contributed by atoms with Gasteiger partial charge in [0.25, 0.3) is 0 Å². The van der Waals surface area contributed by atoms with Crippen molar-refractivity contribution in [1.82, 2.24) is 9.97 Å². The quantitative estimate of drug-likeness (QED) is 0.756. The van der Waals surface area contributed by atoms with Crippen LogP contribution in [0.15, 0.2) is 36.7 Å². The van der Waals surface area contributed by atoms with Crippen molar-refractivity contribution in [2.24, 2.45) is 0 Å². The molecule has 0 saturated carbocycles. The first-order valence-electron chi connectivity index (χ1n) is 10.3. The second-order valence-corrected chi connectivity index (χ2v) is 8.89. The van der Waals surface area contributed by atoms with E-state index in [1.54, 1.807) is 21.7 Å². The summed E-state index contributed by atoms with van der Waals surface area (Å²) < 4.78 is 0. The second kappa shape index (κ2) is 7.56. The van der Waals surface area contributed by atoms with E-state index in [4.69, 9.17) is 4.98 Å². The molecule has 0 radical (unpaired) electrons. The van der Waals surface area contributed by atoms with Crippen molar-refractivity contribution >= 4 is 27.4 Å². The number of benzene rings is 1. The lowest BCUT2D eigenvalue weighted by atomic mass is 9.97. The molecule has 3 heterocycles. The van der Waals surface area contributed by atoms with Crippen LogP contribution in [0.4, 0.5) is 5.82 Å². The van der Waals surface area contributed by atoms with Gasteiger partial charge in [-0.1, -0.05) is 30.3 Å². The zero-order chi connectivity index (χ0) is 18.1. The van der Waals surface area contributed by atoms with Gasteiger partial charge in [-0.2, -0.15) is 0 Å². The van der Waals surface area contributed by atoms with E-state index in [9.17, 15) is 0 Å². The molecule has 27 heavy (non-hydrogen) atoms. The highest BCUT2D eigenvalue weighted by molar-refractivity contribution is 7.19. The van der Waals surface area contributed by atoms with E-state index in [-0.39, 0.29) is 0 Å². The summed E-state index contributed by atoms with van der Waals surface area (Å²) in [5, 5.41) is 1.37. The van der Waals surface area contributed by atoms with Crippen LogP contribution in [-0.4, -0.2) is 42.7 Å². The van der Waals surface area contributed by atoms with Crippen LogP contribution in [0.25, 0.3) is 10.2 Å². The number of rotatable bonds is 4. The lowest BCUT2D eigenvalue weighted by Crippen LogP contribution is -3.15. The van der Waals surface area contributed by atoms with E-state index < -0.39 is 0 Å². The van der Waals surface area contributed by atoms with Crippen molar-refractivity contribution in [3.05, 3.63) is 52.7 Å². The van der Waals surface area contributed by atoms with Gasteiger partial charge in [-0.15, -0.1) is 11.3 Å². The number of piperazine rings is 1. The molecular weight excluding hydrogens is 352 g/mol. The van der Waals surface area contributed by atoms with Gasteiger partial charge in [-0.05, 0) is 36.8 Å². The Hall–Kier alpha value is -1.98. The monoisotopic (exact) mass is 379 g/mol. The Morgan fingerprint density at radius 1 is 1.00 bits per heavy atom. The largest absolute Gasteiger partial charge is 0.345 e. The van der Waals surface area contributed by atoms with Gasteiger partial charge in [0.15, 0.2) is 0 Å². The molecule has 5 rings (SSSR count). The number of hydrogen-bond acceptors (Lipinski definition) is 4. The van der Waals surface area contributed by atoms with Crippen LogP contribution in [0.2, 0.25) is 0 Å². The molecule has 2 aromatic heterocycles. The predicted molar refractivity (Wildman–Crippen MR) is 112 cm³/mol. The third-order valence-corrected chi connectivity index (χ3v) is 7.31. The number of thiophene rings is 1. The highest BCUT2D eigenvalue weighted by Gasteiger charge is 2.26. The SMILES string of the molecule is c1ccc(CC[NH+]2CCN(c3ncnc4sc5c(c34)CCCC5)CC2)cc1. The minimum absolute atomic E-state index is 1.10. The summed E-state index contributed by atoms with van der Waals surface area (Å²) in [5.74, 6) is 1.20. The number of aryl methyl sites for hydroxylation is 2. The number of nitrogens with zero attached hydrogens (tertiary/aromatic N) is 3. The van der Waals surface area contributed by atoms with Crippen molar-refractivity contribution in [2.75, 3.05) is 37.6 Å². The van der Waals surface area contributed by atoms with Crippen LogP contribution < -0.4 is 9.80 Å². The second-order valence-electron chi connectivity index (χ2n) is 7.81. The summed E-state index contributed by atoms with van der Waals surface area (Å²) in [7, 11) is 0. The molecule has 5 heteroatoms. The lowest BCUT2D eigenvalue weighted by Gasteiger charge is -2.33. The third kappa shape index (κ3) is 3.46. The summed E-state index contributed by atoms with van der Waals surface area (Å²) in [4.78, 5) is 16.3. The fraction of sp³-hybridized carbons (Fsp3) is 0.455. The van der Waals surface area contributed by atoms with Crippen molar-refractivity contribution in [3.63, 3.8) is 0 Å². The van der Waals surface area contributed by atoms with E-state index in [0.717, 1.165) is 13.1 Å². The number of quaternary nitrogens is 1. The molecule has 0 amide bonds. The Labute approximate surface area is 164 Å².